The van der Waals surface area contributed by atoms with Gasteiger partial charge in [0.25, 0.3) is 0 Å². The van der Waals surface area contributed by atoms with Gasteiger partial charge in [0.2, 0.25) is 5.62 Å². The van der Waals surface area contributed by atoms with Crippen molar-refractivity contribution in [1.82, 2.24) is 14.6 Å². The van der Waals surface area contributed by atoms with Crippen LogP contribution in [0.15, 0.2) is 66.7 Å². The summed E-state index contributed by atoms with van der Waals surface area (Å²) in [6.45, 7) is 13.2. The molecule has 0 spiro atoms. The molecule has 6 nitrogen and oxygen atoms in total. The molecule has 1 heterocycles. The molecule has 37 heavy (non-hydrogen) atoms. The fourth-order valence-electron chi connectivity index (χ4n) is 4.64. The number of aromatic nitrogens is 2. The van der Waals surface area contributed by atoms with E-state index in [1.807, 2.05) is 69.9 Å². The lowest BCUT2D eigenvalue weighted by atomic mass is 9.78. The Hall–Kier alpha value is -3.77. The van der Waals surface area contributed by atoms with Crippen molar-refractivity contribution in [1.29, 1.82) is 5.41 Å². The van der Waals surface area contributed by atoms with E-state index in [0.29, 0.717) is 23.6 Å². The summed E-state index contributed by atoms with van der Waals surface area (Å²) < 4.78 is 3.88. The summed E-state index contributed by atoms with van der Waals surface area (Å²) in [4.78, 5) is 5.40. The van der Waals surface area contributed by atoms with Crippen LogP contribution >= 0.6 is 0 Å². The molecule has 0 radical (unpaired) electrons. The molecule has 0 saturated carbocycles. The lowest BCUT2D eigenvalue weighted by Gasteiger charge is -2.28. The Morgan fingerprint density at radius 2 is 1.43 bits per heavy atom. The highest BCUT2D eigenvalue weighted by molar-refractivity contribution is 5.83. The van der Waals surface area contributed by atoms with Gasteiger partial charge in [-0.05, 0) is 40.7 Å². The largest absolute Gasteiger partial charge is 0.507 e. The molecule has 3 N–H and O–H groups in total. The molecule has 4 aromatic rings. The maximum Gasteiger partial charge on any atom is 0.207 e. The number of phenols is 1. The molecule has 0 unspecified atom stereocenters. The normalized spacial score (nSPS) is 12.8. The molecule has 0 saturated heterocycles. The number of aromatic hydroxyl groups is 1. The first-order chi connectivity index (χ1) is 17.4. The Morgan fingerprint density at radius 3 is 1.97 bits per heavy atom. The number of benzene rings is 3. The van der Waals surface area contributed by atoms with E-state index in [-0.39, 0.29) is 10.8 Å². The van der Waals surface area contributed by atoms with Crippen molar-refractivity contribution >= 4 is 22.9 Å². The summed E-state index contributed by atoms with van der Waals surface area (Å²) in [5, 5.41) is 20.3. The van der Waals surface area contributed by atoms with E-state index >= 15 is 0 Å². The number of nitrogens with one attached hydrogen (secondary N) is 2. The van der Waals surface area contributed by atoms with Gasteiger partial charge in [-0.3, -0.25) is 20.3 Å². The van der Waals surface area contributed by atoms with Crippen molar-refractivity contribution in [2.45, 2.75) is 58.9 Å². The van der Waals surface area contributed by atoms with Gasteiger partial charge in [0.15, 0.2) is 0 Å². The van der Waals surface area contributed by atoms with E-state index in [2.05, 4.69) is 59.2 Å². The van der Waals surface area contributed by atoms with Crippen LogP contribution < -0.4 is 11.1 Å². The van der Waals surface area contributed by atoms with Gasteiger partial charge in [0.1, 0.15) is 5.75 Å². The van der Waals surface area contributed by atoms with E-state index in [1.165, 1.54) is 0 Å². The van der Waals surface area contributed by atoms with Crippen LogP contribution in [0.25, 0.3) is 22.9 Å². The Morgan fingerprint density at radius 1 is 0.892 bits per heavy atom. The summed E-state index contributed by atoms with van der Waals surface area (Å²) in [7, 11) is 1.58. The Labute approximate surface area is 219 Å². The van der Waals surface area contributed by atoms with E-state index in [4.69, 9.17) is 10.2 Å². The van der Waals surface area contributed by atoms with Crippen LogP contribution in [0.4, 0.5) is 0 Å². The molecule has 3 aromatic carbocycles. The molecule has 0 fully saturated rings. The Balaban J connectivity index is 1.95. The number of phenolic OH excluding ortho intramolecular Hbond substituents is 1. The lowest BCUT2D eigenvalue weighted by Crippen LogP contribution is -2.24. The topological polar surface area (TPSA) is 75.2 Å². The zero-order valence-corrected chi connectivity index (χ0v) is 22.9. The third-order valence-corrected chi connectivity index (χ3v) is 6.61. The van der Waals surface area contributed by atoms with Crippen LogP contribution in [0, 0.1) is 5.41 Å². The maximum atomic E-state index is 11.2. The van der Waals surface area contributed by atoms with Crippen molar-refractivity contribution in [3.63, 3.8) is 0 Å². The predicted molar refractivity (Wildman–Crippen MR) is 151 cm³/mol. The minimum Gasteiger partial charge on any atom is -0.507 e. The van der Waals surface area contributed by atoms with E-state index in [1.54, 1.807) is 7.11 Å². The fourth-order valence-corrected chi connectivity index (χ4v) is 4.64. The predicted octanol–water partition coefficient (Wildman–Crippen LogP) is 6.38. The van der Waals surface area contributed by atoms with Crippen LogP contribution in [0.5, 0.6) is 5.75 Å². The molecule has 0 bridgehead atoms. The second-order valence-corrected chi connectivity index (χ2v) is 11.5. The molecule has 0 aliphatic heterocycles. The van der Waals surface area contributed by atoms with Crippen molar-refractivity contribution in [2.24, 2.45) is 0 Å². The quantitative estimate of drug-likeness (QED) is 0.270. The summed E-state index contributed by atoms with van der Waals surface area (Å²) in [6.07, 6.45) is 1.90. The molecule has 0 aliphatic carbocycles. The zero-order chi connectivity index (χ0) is 27.0. The molecule has 4 rings (SSSR count). The van der Waals surface area contributed by atoms with Gasteiger partial charge in [-0.2, -0.15) is 0 Å². The Bertz CT molecular complexity index is 1460. The third kappa shape index (κ3) is 5.35. The van der Waals surface area contributed by atoms with E-state index in [0.717, 1.165) is 33.3 Å². The number of hydrogen-bond acceptors (Lipinski definition) is 4. The summed E-state index contributed by atoms with van der Waals surface area (Å²) >= 11 is 0. The van der Waals surface area contributed by atoms with Gasteiger partial charge in [-0.1, -0.05) is 84.0 Å². The third-order valence-electron chi connectivity index (χ3n) is 6.61. The smallest absolute Gasteiger partial charge is 0.207 e. The number of nitrogens with zero attached hydrogens (tertiary/aromatic N) is 2. The average Bonchev–Trinajstić information content (AvgIpc) is 3.09. The minimum atomic E-state index is -0.266. The van der Waals surface area contributed by atoms with E-state index < -0.39 is 0 Å². The summed E-state index contributed by atoms with van der Waals surface area (Å²) in [5.74, 6) is 0.328. The SMILES string of the molecule is CONC(=Cn1c(=N)n(Cc2ccccc2)c2ccccc21)c1cc(C(C)(C)C)c(O)c(C(C)(C)C)c1. The highest BCUT2D eigenvalue weighted by Crippen LogP contribution is 2.41. The summed E-state index contributed by atoms with van der Waals surface area (Å²) in [5.41, 5.74) is 9.18. The average molecular weight is 499 g/mol. The van der Waals surface area contributed by atoms with Gasteiger partial charge in [0.05, 0.1) is 30.4 Å². The first kappa shape index (κ1) is 26.3. The molecule has 1 aromatic heterocycles. The standard InChI is InChI=1S/C31H38N4O2/c1-30(2,3)23-17-22(18-24(28(23)36)31(4,5)6)25(33-37-7)20-35-27-16-12-11-15-26(27)34(29(35)32)19-21-13-9-8-10-14-21/h8-18,20,32-33,36H,19H2,1-7H3. The molecular weight excluding hydrogens is 460 g/mol. The minimum absolute atomic E-state index is 0.266. The van der Waals surface area contributed by atoms with E-state index in [9.17, 15) is 5.11 Å². The first-order valence-electron chi connectivity index (χ1n) is 12.6. The number of fused-ring (bicyclic) bond motifs is 1. The monoisotopic (exact) mass is 498 g/mol. The molecule has 0 atom stereocenters. The van der Waals surface area contributed by atoms with Gasteiger partial charge in [-0.25, -0.2) is 0 Å². The Kier molecular flexibility index (Phi) is 7.07. The number of imidazole rings is 1. The van der Waals surface area contributed by atoms with Crippen molar-refractivity contribution in [3.05, 3.63) is 94.6 Å². The molecular formula is C31H38N4O2. The molecule has 6 heteroatoms. The fraction of sp³-hybridized carbons (Fsp3) is 0.323. The van der Waals surface area contributed by atoms with Crippen LogP contribution in [-0.2, 0) is 22.2 Å². The highest BCUT2D eigenvalue weighted by atomic mass is 16.6. The second kappa shape index (κ2) is 9.94. The maximum absolute atomic E-state index is 11.2. The molecule has 0 amide bonds. The first-order valence-corrected chi connectivity index (χ1v) is 12.6. The van der Waals surface area contributed by atoms with Gasteiger partial charge in [-0.15, -0.1) is 0 Å². The van der Waals surface area contributed by atoms with Gasteiger partial charge < -0.3 is 9.67 Å². The molecule has 194 valence electrons. The lowest BCUT2D eigenvalue weighted by molar-refractivity contribution is 0.137. The van der Waals surface area contributed by atoms with Crippen LogP contribution in [0.3, 0.4) is 0 Å². The van der Waals surface area contributed by atoms with Crippen LogP contribution in [0.2, 0.25) is 0 Å². The summed E-state index contributed by atoms with van der Waals surface area (Å²) in [6, 6.07) is 22.2. The zero-order valence-electron chi connectivity index (χ0n) is 22.9. The van der Waals surface area contributed by atoms with Gasteiger partial charge >= 0.3 is 0 Å². The van der Waals surface area contributed by atoms with Crippen molar-refractivity contribution < 1.29 is 9.94 Å². The molecule has 0 aliphatic rings. The number of para-hydroxylation sites is 2. The number of rotatable bonds is 6. The highest BCUT2D eigenvalue weighted by Gasteiger charge is 2.27. The number of hydroxylamine groups is 1. The van der Waals surface area contributed by atoms with Crippen LogP contribution in [0.1, 0.15) is 63.8 Å². The van der Waals surface area contributed by atoms with Crippen molar-refractivity contribution in [3.8, 4) is 5.75 Å². The van der Waals surface area contributed by atoms with Crippen LogP contribution in [-0.4, -0.2) is 21.4 Å². The second-order valence-electron chi connectivity index (χ2n) is 11.5. The van der Waals surface area contributed by atoms with Crippen molar-refractivity contribution in [2.75, 3.05) is 7.11 Å². The number of hydrogen-bond donors (Lipinski definition) is 3. The van der Waals surface area contributed by atoms with Gasteiger partial charge in [0, 0.05) is 22.9 Å².